The molecule has 41 heavy (non-hydrogen) atoms. The summed E-state index contributed by atoms with van der Waals surface area (Å²) in [6, 6.07) is 14.2. The number of oxazole rings is 1. The van der Waals surface area contributed by atoms with Crippen molar-refractivity contribution in [2.45, 2.75) is 0 Å². The van der Waals surface area contributed by atoms with Gasteiger partial charge in [-0.05, 0) is 48.5 Å². The second-order valence-corrected chi connectivity index (χ2v) is 11.6. The van der Waals surface area contributed by atoms with Crippen LogP contribution in [0, 0.1) is 5.82 Å². The van der Waals surface area contributed by atoms with Gasteiger partial charge in [0.1, 0.15) is 22.9 Å². The van der Waals surface area contributed by atoms with Gasteiger partial charge in [0.15, 0.2) is 11.2 Å². The summed E-state index contributed by atoms with van der Waals surface area (Å²) in [6.07, 6.45) is 4.55. The van der Waals surface area contributed by atoms with Gasteiger partial charge in [0, 0.05) is 61.7 Å². The van der Waals surface area contributed by atoms with Crippen LogP contribution in [0.3, 0.4) is 0 Å². The second kappa shape index (κ2) is 9.59. The fraction of sp³-hybridized carbons (Fsp3) is 0.138. The lowest BCUT2D eigenvalue weighted by Crippen LogP contribution is -2.25. The molecule has 0 aliphatic rings. The fourth-order valence-electron chi connectivity index (χ4n) is 4.76. The molecule has 0 aliphatic carbocycles. The minimum atomic E-state index is -3.68. The number of carbonyl (C=O) groups excluding carboxylic acids is 1. The molecular weight excluding hydrogens is 549 g/mol. The highest BCUT2D eigenvalue weighted by Crippen LogP contribution is 2.42. The number of sulfonamides is 1. The Bertz CT molecular complexity index is 2040. The summed E-state index contributed by atoms with van der Waals surface area (Å²) in [5.41, 5.74) is 4.17. The van der Waals surface area contributed by atoms with E-state index in [4.69, 9.17) is 8.83 Å². The van der Waals surface area contributed by atoms with Gasteiger partial charge in [-0.1, -0.05) is 0 Å². The Morgan fingerprint density at radius 3 is 2.49 bits per heavy atom. The van der Waals surface area contributed by atoms with E-state index in [1.165, 1.54) is 38.4 Å². The average molecular weight is 574 g/mol. The lowest BCUT2D eigenvalue weighted by molar-refractivity contribution is 0.0964. The van der Waals surface area contributed by atoms with Crippen molar-refractivity contribution in [2.75, 3.05) is 24.7 Å². The topological polar surface area (TPSA) is 123 Å². The molecule has 0 saturated heterocycles. The van der Waals surface area contributed by atoms with Gasteiger partial charge in [0.2, 0.25) is 15.9 Å². The number of pyridine rings is 1. The lowest BCUT2D eigenvalue weighted by Gasteiger charge is -2.20. The molecule has 0 unspecified atom stereocenters. The number of furan rings is 1. The van der Waals surface area contributed by atoms with Gasteiger partial charge < -0.3 is 18.7 Å². The van der Waals surface area contributed by atoms with Crippen LogP contribution in [0.25, 0.3) is 56.2 Å². The van der Waals surface area contributed by atoms with E-state index in [-0.39, 0.29) is 11.3 Å². The van der Waals surface area contributed by atoms with E-state index >= 15 is 0 Å². The number of halogens is 1. The number of fused-ring (bicyclic) bond motifs is 2. The van der Waals surface area contributed by atoms with Gasteiger partial charge in [-0.3, -0.25) is 9.10 Å². The maximum Gasteiger partial charge on any atom is 0.255 e. The van der Waals surface area contributed by atoms with Crippen molar-refractivity contribution >= 4 is 43.8 Å². The number of hydrogen-bond acceptors (Lipinski definition) is 7. The van der Waals surface area contributed by atoms with Crippen LogP contribution >= 0.6 is 0 Å². The SMILES string of the molecule is CNC(=O)c1c(-c2ccc(F)cc2)oc2cc(N(C)S(C)(=O)=O)c(-c3cc(-c4nc5ncccc5o4)n(C)c3)cc12. The molecule has 0 saturated carbocycles. The molecule has 0 atom stereocenters. The van der Waals surface area contributed by atoms with Crippen LogP contribution in [-0.4, -0.2) is 49.2 Å². The van der Waals surface area contributed by atoms with Crippen molar-refractivity contribution in [1.29, 1.82) is 0 Å². The van der Waals surface area contributed by atoms with Crippen LogP contribution < -0.4 is 9.62 Å². The van der Waals surface area contributed by atoms with Gasteiger partial charge in [0.05, 0.1) is 17.5 Å². The summed E-state index contributed by atoms with van der Waals surface area (Å²) < 4.78 is 54.0. The molecule has 0 radical (unpaired) electrons. The number of carbonyl (C=O) groups is 1. The Labute approximate surface area is 234 Å². The zero-order chi connectivity index (χ0) is 29.1. The number of nitrogens with zero attached hydrogens (tertiary/aromatic N) is 4. The number of amides is 1. The summed E-state index contributed by atoms with van der Waals surface area (Å²) >= 11 is 0. The Morgan fingerprint density at radius 2 is 1.80 bits per heavy atom. The minimum Gasteiger partial charge on any atom is -0.455 e. The van der Waals surface area contributed by atoms with Gasteiger partial charge in [-0.25, -0.2) is 17.8 Å². The summed E-state index contributed by atoms with van der Waals surface area (Å²) in [5, 5.41) is 3.10. The van der Waals surface area contributed by atoms with E-state index < -0.39 is 21.7 Å². The standard InChI is InChI=1S/C29H24FN5O5S/c1-31-28(36)25-20-13-19(17-12-22(34(2)15-17)29-33-27-23(40-29)6-5-11-32-27)21(35(3)41(4,37)38)14-24(20)39-26(25)16-7-9-18(30)10-8-16/h5-15H,1-4H3,(H,31,36). The minimum absolute atomic E-state index is 0.234. The molecule has 2 aromatic carbocycles. The Hall–Kier alpha value is -4.97. The van der Waals surface area contributed by atoms with Gasteiger partial charge >= 0.3 is 0 Å². The van der Waals surface area contributed by atoms with Crippen LogP contribution in [0.1, 0.15) is 10.4 Å². The monoisotopic (exact) mass is 573 g/mol. The highest BCUT2D eigenvalue weighted by atomic mass is 32.2. The highest BCUT2D eigenvalue weighted by molar-refractivity contribution is 7.92. The van der Waals surface area contributed by atoms with E-state index in [1.54, 1.807) is 30.5 Å². The lowest BCUT2D eigenvalue weighted by atomic mass is 9.99. The summed E-state index contributed by atoms with van der Waals surface area (Å²) in [7, 11) is 1.08. The average Bonchev–Trinajstić information content (AvgIpc) is 3.65. The molecule has 6 aromatic rings. The molecular formula is C29H24FN5O5S. The fourth-order valence-corrected chi connectivity index (χ4v) is 5.27. The summed E-state index contributed by atoms with van der Waals surface area (Å²) in [5.74, 6) is -0.261. The van der Waals surface area contributed by atoms with Crippen molar-refractivity contribution < 1.29 is 26.4 Å². The first-order valence-corrected chi connectivity index (χ1v) is 14.3. The molecule has 4 heterocycles. The highest BCUT2D eigenvalue weighted by Gasteiger charge is 2.27. The predicted octanol–water partition coefficient (Wildman–Crippen LogP) is 5.20. The third kappa shape index (κ3) is 4.51. The number of benzene rings is 2. The van der Waals surface area contributed by atoms with E-state index in [2.05, 4.69) is 15.3 Å². The molecule has 1 amide bonds. The van der Waals surface area contributed by atoms with Crippen LogP contribution in [0.5, 0.6) is 0 Å². The molecule has 0 bridgehead atoms. The van der Waals surface area contributed by atoms with Crippen LogP contribution in [0.2, 0.25) is 0 Å². The van der Waals surface area contributed by atoms with Crippen molar-refractivity contribution in [3.8, 4) is 34.0 Å². The van der Waals surface area contributed by atoms with Gasteiger partial charge in [-0.2, -0.15) is 4.98 Å². The van der Waals surface area contributed by atoms with Crippen molar-refractivity contribution in [3.63, 3.8) is 0 Å². The maximum absolute atomic E-state index is 13.7. The molecule has 208 valence electrons. The zero-order valence-electron chi connectivity index (χ0n) is 22.5. The summed E-state index contributed by atoms with van der Waals surface area (Å²) in [6.45, 7) is 0. The third-order valence-electron chi connectivity index (χ3n) is 6.90. The van der Waals surface area contributed by atoms with Crippen molar-refractivity contribution in [1.82, 2.24) is 19.9 Å². The van der Waals surface area contributed by atoms with Crippen LogP contribution in [0.15, 0.2) is 75.8 Å². The molecule has 0 aliphatic heterocycles. The molecule has 0 spiro atoms. The number of hydrogen-bond donors (Lipinski definition) is 1. The second-order valence-electron chi connectivity index (χ2n) is 9.56. The molecule has 4 aromatic heterocycles. The smallest absolute Gasteiger partial charge is 0.255 e. The molecule has 12 heteroatoms. The molecule has 1 N–H and O–H groups in total. The first-order chi connectivity index (χ1) is 19.5. The Kier molecular flexibility index (Phi) is 6.14. The predicted molar refractivity (Wildman–Crippen MR) is 153 cm³/mol. The van der Waals surface area contributed by atoms with Crippen molar-refractivity contribution in [3.05, 3.63) is 78.4 Å². The first kappa shape index (κ1) is 26.3. The van der Waals surface area contributed by atoms with Crippen molar-refractivity contribution in [2.24, 2.45) is 7.05 Å². The van der Waals surface area contributed by atoms with Gasteiger partial charge in [0.25, 0.3) is 5.91 Å². The largest absolute Gasteiger partial charge is 0.455 e. The number of aryl methyl sites for hydroxylation is 1. The Morgan fingerprint density at radius 1 is 1.05 bits per heavy atom. The molecule has 6 rings (SSSR count). The third-order valence-corrected chi connectivity index (χ3v) is 8.10. The summed E-state index contributed by atoms with van der Waals surface area (Å²) in [4.78, 5) is 21.8. The number of nitrogens with one attached hydrogen (secondary N) is 1. The number of aromatic nitrogens is 3. The van der Waals surface area contributed by atoms with E-state index in [1.807, 2.05) is 23.9 Å². The molecule has 10 nitrogen and oxygen atoms in total. The quantitative estimate of drug-likeness (QED) is 0.290. The Balaban J connectivity index is 1.61. The maximum atomic E-state index is 13.7. The van der Waals surface area contributed by atoms with E-state index in [0.717, 1.165) is 10.6 Å². The normalized spacial score (nSPS) is 11.8. The van der Waals surface area contributed by atoms with Crippen LogP contribution in [-0.2, 0) is 17.1 Å². The first-order valence-electron chi connectivity index (χ1n) is 12.5. The number of anilines is 1. The van der Waals surface area contributed by atoms with E-state index in [9.17, 15) is 17.6 Å². The molecule has 0 fully saturated rings. The van der Waals surface area contributed by atoms with Gasteiger partial charge in [-0.15, -0.1) is 0 Å². The van der Waals surface area contributed by atoms with E-state index in [0.29, 0.717) is 56.2 Å². The zero-order valence-corrected chi connectivity index (χ0v) is 23.3. The van der Waals surface area contributed by atoms with Crippen LogP contribution in [0.4, 0.5) is 10.1 Å². The number of rotatable bonds is 6.